The molecule has 0 aromatic carbocycles. The lowest BCUT2D eigenvalue weighted by Crippen LogP contribution is -2.47. The summed E-state index contributed by atoms with van der Waals surface area (Å²) >= 11 is 0. The molecule has 162 valence electrons. The Morgan fingerprint density at radius 2 is 2.20 bits per heavy atom. The Morgan fingerprint density at radius 1 is 1.33 bits per heavy atom. The molecular formula is C21H31N7O2. The van der Waals surface area contributed by atoms with Crippen molar-refractivity contribution in [3.63, 3.8) is 0 Å². The van der Waals surface area contributed by atoms with E-state index in [4.69, 9.17) is 4.52 Å². The SMILES string of the molecule is CN=C(NCCc1noc(-c2ccccn2)n1)NC1CCCC(C(=O)NC(C)C)C1. The van der Waals surface area contributed by atoms with Gasteiger partial charge in [-0.15, -0.1) is 0 Å². The van der Waals surface area contributed by atoms with Gasteiger partial charge in [0.1, 0.15) is 5.69 Å². The molecule has 1 saturated carbocycles. The zero-order valence-corrected chi connectivity index (χ0v) is 17.9. The molecule has 2 unspecified atom stereocenters. The van der Waals surface area contributed by atoms with Crippen LogP contribution in [0.5, 0.6) is 0 Å². The number of rotatable bonds is 7. The van der Waals surface area contributed by atoms with Gasteiger partial charge >= 0.3 is 0 Å². The fourth-order valence-electron chi connectivity index (χ4n) is 3.59. The smallest absolute Gasteiger partial charge is 0.276 e. The highest BCUT2D eigenvalue weighted by Gasteiger charge is 2.28. The minimum atomic E-state index is 0.0566. The summed E-state index contributed by atoms with van der Waals surface area (Å²) in [5, 5.41) is 13.8. The quantitative estimate of drug-likeness (QED) is 0.469. The van der Waals surface area contributed by atoms with Crippen molar-refractivity contribution in [2.75, 3.05) is 13.6 Å². The molecular weight excluding hydrogens is 382 g/mol. The summed E-state index contributed by atoms with van der Waals surface area (Å²) in [5.74, 6) is 1.96. The van der Waals surface area contributed by atoms with Gasteiger partial charge in [0.05, 0.1) is 0 Å². The Balaban J connectivity index is 1.45. The van der Waals surface area contributed by atoms with Gasteiger partial charge in [-0.25, -0.2) is 0 Å². The highest BCUT2D eigenvalue weighted by Crippen LogP contribution is 2.24. The van der Waals surface area contributed by atoms with Gasteiger partial charge in [0.25, 0.3) is 5.89 Å². The fourth-order valence-corrected chi connectivity index (χ4v) is 3.59. The zero-order valence-electron chi connectivity index (χ0n) is 17.9. The molecule has 0 bridgehead atoms. The van der Waals surface area contributed by atoms with Crippen molar-refractivity contribution in [2.45, 2.75) is 58.0 Å². The van der Waals surface area contributed by atoms with Gasteiger partial charge in [-0.05, 0) is 45.2 Å². The molecule has 0 spiro atoms. The molecule has 0 radical (unpaired) electrons. The van der Waals surface area contributed by atoms with Gasteiger partial charge in [-0.2, -0.15) is 4.98 Å². The number of carbonyl (C=O) groups is 1. The van der Waals surface area contributed by atoms with Gasteiger partial charge in [0, 0.05) is 44.2 Å². The van der Waals surface area contributed by atoms with E-state index in [9.17, 15) is 4.79 Å². The van der Waals surface area contributed by atoms with Crippen molar-refractivity contribution in [2.24, 2.45) is 10.9 Å². The Labute approximate surface area is 177 Å². The number of carbonyl (C=O) groups excluding carboxylic acids is 1. The van der Waals surface area contributed by atoms with E-state index in [1.807, 2.05) is 32.0 Å². The van der Waals surface area contributed by atoms with E-state index in [1.54, 1.807) is 13.2 Å². The van der Waals surface area contributed by atoms with Crippen molar-refractivity contribution in [1.29, 1.82) is 0 Å². The largest absolute Gasteiger partial charge is 0.356 e. The Morgan fingerprint density at radius 3 is 2.93 bits per heavy atom. The summed E-state index contributed by atoms with van der Waals surface area (Å²) < 4.78 is 5.28. The molecule has 2 heterocycles. The first-order valence-electron chi connectivity index (χ1n) is 10.6. The first kappa shape index (κ1) is 21.7. The van der Waals surface area contributed by atoms with E-state index >= 15 is 0 Å². The maximum absolute atomic E-state index is 12.3. The number of pyridine rings is 1. The van der Waals surface area contributed by atoms with Crippen molar-refractivity contribution in [3.8, 4) is 11.6 Å². The summed E-state index contributed by atoms with van der Waals surface area (Å²) in [7, 11) is 1.74. The lowest BCUT2D eigenvalue weighted by molar-refractivity contribution is -0.126. The van der Waals surface area contributed by atoms with Crippen LogP contribution < -0.4 is 16.0 Å². The van der Waals surface area contributed by atoms with Gasteiger partial charge < -0.3 is 20.5 Å². The Bertz CT molecular complexity index is 835. The number of aromatic nitrogens is 3. The van der Waals surface area contributed by atoms with Crippen molar-refractivity contribution in [3.05, 3.63) is 30.2 Å². The van der Waals surface area contributed by atoms with E-state index in [0.29, 0.717) is 30.4 Å². The van der Waals surface area contributed by atoms with Crippen LogP contribution in [0.4, 0.5) is 0 Å². The minimum absolute atomic E-state index is 0.0566. The molecule has 30 heavy (non-hydrogen) atoms. The van der Waals surface area contributed by atoms with Crippen LogP contribution in [0.15, 0.2) is 33.9 Å². The monoisotopic (exact) mass is 413 g/mol. The minimum Gasteiger partial charge on any atom is -0.356 e. The maximum Gasteiger partial charge on any atom is 0.276 e. The van der Waals surface area contributed by atoms with Crippen molar-refractivity contribution < 1.29 is 9.32 Å². The van der Waals surface area contributed by atoms with Crippen molar-refractivity contribution >= 4 is 11.9 Å². The second-order valence-electron chi connectivity index (χ2n) is 7.85. The third kappa shape index (κ3) is 6.27. The lowest BCUT2D eigenvalue weighted by atomic mass is 9.85. The van der Waals surface area contributed by atoms with Gasteiger partial charge in [-0.1, -0.05) is 17.6 Å². The number of hydrogen-bond donors (Lipinski definition) is 3. The standard InChI is InChI=1S/C21H31N7O2/c1-14(2)25-19(29)15-7-6-8-16(13-15)26-21(22-3)24-12-10-18-27-20(30-28-18)17-9-4-5-11-23-17/h4-5,9,11,14-16H,6-8,10,12-13H2,1-3H3,(H,25,29)(H2,22,24,26). The maximum atomic E-state index is 12.3. The van der Waals surface area contributed by atoms with E-state index < -0.39 is 0 Å². The van der Waals surface area contributed by atoms with E-state index in [0.717, 1.165) is 31.6 Å². The average molecular weight is 414 g/mol. The van der Waals surface area contributed by atoms with Crippen LogP contribution in [0.1, 0.15) is 45.4 Å². The topological polar surface area (TPSA) is 117 Å². The number of guanidine groups is 1. The highest BCUT2D eigenvalue weighted by molar-refractivity contribution is 5.81. The second-order valence-corrected chi connectivity index (χ2v) is 7.85. The molecule has 1 aliphatic rings. The van der Waals surface area contributed by atoms with Gasteiger partial charge in [0.15, 0.2) is 11.8 Å². The van der Waals surface area contributed by atoms with Crippen LogP contribution in [-0.4, -0.2) is 52.7 Å². The van der Waals surface area contributed by atoms with Gasteiger partial charge in [-0.3, -0.25) is 14.8 Å². The fraction of sp³-hybridized carbons (Fsp3) is 0.571. The third-order valence-corrected chi connectivity index (χ3v) is 5.03. The average Bonchev–Trinajstić information content (AvgIpc) is 3.22. The van der Waals surface area contributed by atoms with Crippen LogP contribution in [0, 0.1) is 5.92 Å². The predicted molar refractivity (Wildman–Crippen MR) is 115 cm³/mol. The summed E-state index contributed by atoms with van der Waals surface area (Å²) in [6, 6.07) is 5.96. The molecule has 2 atom stereocenters. The molecule has 0 aliphatic heterocycles. The number of nitrogens with zero attached hydrogens (tertiary/aromatic N) is 4. The number of amides is 1. The van der Waals surface area contributed by atoms with E-state index in [1.165, 1.54) is 0 Å². The summed E-state index contributed by atoms with van der Waals surface area (Å²) in [5.41, 5.74) is 0.662. The molecule has 3 rings (SSSR count). The number of hydrogen-bond acceptors (Lipinski definition) is 6. The highest BCUT2D eigenvalue weighted by atomic mass is 16.5. The summed E-state index contributed by atoms with van der Waals surface area (Å²) in [6.45, 7) is 4.60. The number of aliphatic imine (C=N–C) groups is 1. The molecule has 2 aromatic rings. The molecule has 2 aromatic heterocycles. The van der Waals surface area contributed by atoms with Crippen LogP contribution >= 0.6 is 0 Å². The molecule has 9 heteroatoms. The lowest BCUT2D eigenvalue weighted by Gasteiger charge is -2.30. The summed E-state index contributed by atoms with van der Waals surface area (Å²) in [6.07, 6.45) is 6.12. The van der Waals surface area contributed by atoms with E-state index in [2.05, 4.69) is 36.1 Å². The molecule has 3 N–H and O–H groups in total. The third-order valence-electron chi connectivity index (χ3n) is 5.03. The first-order valence-corrected chi connectivity index (χ1v) is 10.6. The number of nitrogens with one attached hydrogen (secondary N) is 3. The van der Waals surface area contributed by atoms with Crippen LogP contribution in [-0.2, 0) is 11.2 Å². The second kappa shape index (κ2) is 10.7. The van der Waals surface area contributed by atoms with Crippen LogP contribution in [0.2, 0.25) is 0 Å². The van der Waals surface area contributed by atoms with Crippen molar-refractivity contribution in [1.82, 2.24) is 31.1 Å². The predicted octanol–water partition coefficient (Wildman–Crippen LogP) is 1.92. The van der Waals surface area contributed by atoms with Crippen LogP contribution in [0.25, 0.3) is 11.6 Å². The molecule has 1 aliphatic carbocycles. The zero-order chi connectivity index (χ0) is 21.3. The normalized spacial score (nSPS) is 19.5. The molecule has 1 fully saturated rings. The molecule has 1 amide bonds. The van der Waals surface area contributed by atoms with Crippen LogP contribution in [0.3, 0.4) is 0 Å². The van der Waals surface area contributed by atoms with Gasteiger partial charge in [0.2, 0.25) is 5.91 Å². The molecule has 9 nitrogen and oxygen atoms in total. The molecule has 0 saturated heterocycles. The Kier molecular flexibility index (Phi) is 7.75. The first-order chi connectivity index (χ1) is 14.5. The Hall–Kier alpha value is -2.97. The van der Waals surface area contributed by atoms with E-state index in [-0.39, 0.29) is 23.9 Å². The summed E-state index contributed by atoms with van der Waals surface area (Å²) in [4.78, 5) is 25.2.